The van der Waals surface area contributed by atoms with E-state index in [4.69, 9.17) is 17.3 Å². The lowest BCUT2D eigenvalue weighted by Gasteiger charge is -2.07. The van der Waals surface area contributed by atoms with Crippen LogP contribution >= 0.6 is 11.6 Å². The average molecular weight is 289 g/mol. The van der Waals surface area contributed by atoms with Crippen LogP contribution in [0.25, 0.3) is 0 Å². The third kappa shape index (κ3) is 3.16. The number of hydrogen-bond acceptors (Lipinski definition) is 3. The Morgan fingerprint density at radius 3 is 2.50 bits per heavy atom. The molecule has 102 valence electrons. The Kier molecular flexibility index (Phi) is 4.05. The largest absolute Gasteiger partial charge is 0.398 e. The normalized spacial score (nSPS) is 10.1. The summed E-state index contributed by atoms with van der Waals surface area (Å²) in [7, 11) is 0. The van der Waals surface area contributed by atoms with E-state index in [0.29, 0.717) is 27.5 Å². The summed E-state index contributed by atoms with van der Waals surface area (Å²) in [6, 6.07) is 11.4. The molecule has 2 aromatic carbocycles. The predicted molar refractivity (Wildman–Crippen MR) is 80.3 cm³/mol. The summed E-state index contributed by atoms with van der Waals surface area (Å²) in [5, 5.41) is 3.04. The second-order valence-electron chi connectivity index (χ2n) is 4.33. The fraction of sp³-hybridized carbons (Fsp3) is 0.0667. The van der Waals surface area contributed by atoms with Crippen molar-refractivity contribution in [2.45, 2.75) is 6.92 Å². The van der Waals surface area contributed by atoms with Crippen LogP contribution in [0.3, 0.4) is 0 Å². The number of carbonyl (C=O) groups is 2. The predicted octanol–water partition coefficient (Wildman–Crippen LogP) is 3.38. The van der Waals surface area contributed by atoms with E-state index in [-0.39, 0.29) is 11.7 Å². The van der Waals surface area contributed by atoms with E-state index in [1.54, 1.807) is 36.4 Å². The van der Waals surface area contributed by atoms with Gasteiger partial charge in [-0.1, -0.05) is 23.7 Å². The van der Waals surface area contributed by atoms with Crippen molar-refractivity contribution in [2.75, 3.05) is 11.1 Å². The molecule has 3 N–H and O–H groups in total. The van der Waals surface area contributed by atoms with Crippen molar-refractivity contribution in [1.29, 1.82) is 0 Å². The zero-order chi connectivity index (χ0) is 14.7. The number of nitrogens with two attached hydrogens (primary N) is 1. The maximum atomic E-state index is 12.1. The van der Waals surface area contributed by atoms with E-state index in [1.807, 2.05) is 0 Å². The first-order valence-electron chi connectivity index (χ1n) is 5.95. The molecule has 0 aliphatic rings. The standard InChI is InChI=1S/C15H13ClN2O2/c1-9(19)10-3-2-4-12(7-10)18-15(20)11-5-6-14(17)13(16)8-11/h2-8H,17H2,1H3,(H,18,20). The Morgan fingerprint density at radius 2 is 1.85 bits per heavy atom. The second kappa shape index (κ2) is 5.75. The Morgan fingerprint density at radius 1 is 1.10 bits per heavy atom. The lowest BCUT2D eigenvalue weighted by Crippen LogP contribution is -2.12. The van der Waals surface area contributed by atoms with Gasteiger partial charge in [-0.25, -0.2) is 0 Å². The van der Waals surface area contributed by atoms with Gasteiger partial charge < -0.3 is 11.1 Å². The SMILES string of the molecule is CC(=O)c1cccc(NC(=O)c2ccc(N)c(Cl)c2)c1. The lowest BCUT2D eigenvalue weighted by atomic mass is 10.1. The lowest BCUT2D eigenvalue weighted by molar-refractivity contribution is 0.101. The molecule has 0 unspecified atom stereocenters. The molecule has 2 aromatic rings. The van der Waals surface area contributed by atoms with E-state index in [2.05, 4.69) is 5.32 Å². The molecule has 0 bridgehead atoms. The molecule has 0 aliphatic heterocycles. The van der Waals surface area contributed by atoms with Crippen LogP contribution in [0.5, 0.6) is 0 Å². The van der Waals surface area contributed by atoms with Crippen molar-refractivity contribution >= 4 is 34.7 Å². The van der Waals surface area contributed by atoms with Crippen molar-refractivity contribution in [2.24, 2.45) is 0 Å². The first-order chi connectivity index (χ1) is 9.47. The molecular weight excluding hydrogens is 276 g/mol. The molecule has 2 rings (SSSR count). The van der Waals surface area contributed by atoms with Crippen LogP contribution in [0.2, 0.25) is 5.02 Å². The second-order valence-corrected chi connectivity index (χ2v) is 4.73. The number of amides is 1. The van der Waals surface area contributed by atoms with Crippen LogP contribution in [-0.4, -0.2) is 11.7 Å². The highest BCUT2D eigenvalue weighted by Gasteiger charge is 2.09. The fourth-order valence-corrected chi connectivity index (χ4v) is 1.87. The van der Waals surface area contributed by atoms with E-state index in [1.165, 1.54) is 13.0 Å². The van der Waals surface area contributed by atoms with Gasteiger partial charge in [0.1, 0.15) is 0 Å². The monoisotopic (exact) mass is 288 g/mol. The number of carbonyl (C=O) groups excluding carboxylic acids is 2. The van der Waals surface area contributed by atoms with E-state index in [9.17, 15) is 9.59 Å². The number of anilines is 2. The third-order valence-electron chi connectivity index (χ3n) is 2.79. The molecule has 0 heterocycles. The molecule has 0 spiro atoms. The average Bonchev–Trinajstić information content (AvgIpc) is 2.42. The molecule has 0 aliphatic carbocycles. The quantitative estimate of drug-likeness (QED) is 0.672. The van der Waals surface area contributed by atoms with Gasteiger partial charge >= 0.3 is 0 Å². The molecule has 0 atom stereocenters. The van der Waals surface area contributed by atoms with Crippen molar-refractivity contribution in [1.82, 2.24) is 0 Å². The number of hydrogen-bond donors (Lipinski definition) is 2. The number of halogens is 1. The highest BCUT2D eigenvalue weighted by molar-refractivity contribution is 6.33. The van der Waals surface area contributed by atoms with E-state index >= 15 is 0 Å². The summed E-state index contributed by atoms with van der Waals surface area (Å²) in [6.45, 7) is 1.47. The number of Topliss-reactive ketones (excluding diaryl/α,β-unsaturated/α-hetero) is 1. The minimum atomic E-state index is -0.312. The van der Waals surface area contributed by atoms with Crippen molar-refractivity contribution in [3.8, 4) is 0 Å². The zero-order valence-electron chi connectivity index (χ0n) is 10.8. The summed E-state index contributed by atoms with van der Waals surface area (Å²) >= 11 is 5.88. The van der Waals surface area contributed by atoms with Crippen LogP contribution in [0.1, 0.15) is 27.6 Å². The van der Waals surface area contributed by atoms with Crippen LogP contribution in [0.4, 0.5) is 11.4 Å². The van der Waals surface area contributed by atoms with Gasteiger partial charge in [0.05, 0.1) is 10.7 Å². The smallest absolute Gasteiger partial charge is 0.255 e. The Hall–Kier alpha value is -2.33. The first kappa shape index (κ1) is 14.1. The molecule has 0 saturated carbocycles. The number of nitrogens with one attached hydrogen (secondary N) is 1. The summed E-state index contributed by atoms with van der Waals surface area (Å²) in [5.41, 5.74) is 7.50. The van der Waals surface area contributed by atoms with Gasteiger partial charge in [0.25, 0.3) is 5.91 Å². The minimum Gasteiger partial charge on any atom is -0.398 e. The fourth-order valence-electron chi connectivity index (χ4n) is 1.69. The molecule has 0 fully saturated rings. The third-order valence-corrected chi connectivity index (χ3v) is 3.12. The molecular formula is C15H13ClN2O2. The van der Waals surface area contributed by atoms with Crippen molar-refractivity contribution in [3.05, 3.63) is 58.6 Å². The van der Waals surface area contributed by atoms with Gasteiger partial charge in [0, 0.05) is 16.8 Å². The summed E-state index contributed by atoms with van der Waals surface area (Å²) < 4.78 is 0. The molecule has 0 radical (unpaired) electrons. The van der Waals surface area contributed by atoms with Crippen LogP contribution in [0.15, 0.2) is 42.5 Å². The highest BCUT2D eigenvalue weighted by Crippen LogP contribution is 2.20. The number of nitrogen functional groups attached to an aromatic ring is 1. The summed E-state index contributed by atoms with van der Waals surface area (Å²) in [6.07, 6.45) is 0. The van der Waals surface area contributed by atoms with Gasteiger partial charge in [-0.05, 0) is 37.3 Å². The van der Waals surface area contributed by atoms with Crippen molar-refractivity contribution in [3.63, 3.8) is 0 Å². The first-order valence-corrected chi connectivity index (χ1v) is 6.32. The van der Waals surface area contributed by atoms with E-state index in [0.717, 1.165) is 0 Å². The van der Waals surface area contributed by atoms with Gasteiger partial charge in [-0.2, -0.15) is 0 Å². The topological polar surface area (TPSA) is 72.2 Å². The van der Waals surface area contributed by atoms with Gasteiger partial charge in [-0.15, -0.1) is 0 Å². The summed E-state index contributed by atoms with van der Waals surface area (Å²) in [4.78, 5) is 23.4. The number of ketones is 1. The minimum absolute atomic E-state index is 0.0587. The highest BCUT2D eigenvalue weighted by atomic mass is 35.5. The van der Waals surface area contributed by atoms with Gasteiger partial charge in [-0.3, -0.25) is 9.59 Å². The Bertz CT molecular complexity index is 683. The molecule has 0 saturated heterocycles. The van der Waals surface area contributed by atoms with Gasteiger partial charge in [0.2, 0.25) is 0 Å². The number of benzene rings is 2. The Labute approximate surface area is 121 Å². The summed E-state index contributed by atoms with van der Waals surface area (Å²) in [5.74, 6) is -0.371. The molecule has 5 heteroatoms. The van der Waals surface area contributed by atoms with Crippen molar-refractivity contribution < 1.29 is 9.59 Å². The molecule has 4 nitrogen and oxygen atoms in total. The van der Waals surface area contributed by atoms with Gasteiger partial charge in [0.15, 0.2) is 5.78 Å². The molecule has 1 amide bonds. The maximum Gasteiger partial charge on any atom is 0.255 e. The van der Waals surface area contributed by atoms with Crippen LogP contribution in [0, 0.1) is 0 Å². The molecule has 20 heavy (non-hydrogen) atoms. The van der Waals surface area contributed by atoms with Crippen LogP contribution < -0.4 is 11.1 Å². The molecule has 0 aromatic heterocycles. The van der Waals surface area contributed by atoms with Crippen LogP contribution in [-0.2, 0) is 0 Å². The maximum absolute atomic E-state index is 12.1. The van der Waals surface area contributed by atoms with E-state index < -0.39 is 0 Å². The zero-order valence-corrected chi connectivity index (χ0v) is 11.6. The Balaban J connectivity index is 2.21. The number of rotatable bonds is 3.